The summed E-state index contributed by atoms with van der Waals surface area (Å²) < 4.78 is 0. The average molecular weight is 691 g/mol. The number of aliphatic hydroxyl groups excluding tert-OH is 1. The second kappa shape index (κ2) is 30.5. The highest BCUT2D eigenvalue weighted by molar-refractivity contribution is 7.98. The Kier molecular flexibility index (Phi) is 33.0. The van der Waals surface area contributed by atoms with Gasteiger partial charge in [-0.2, -0.15) is 11.8 Å². The number of aliphatic hydroxyl groups is 1. The maximum absolute atomic E-state index is 10.1. The molecule has 272 valence electrons. The highest BCUT2D eigenvalue weighted by Crippen LogP contribution is 2.04. The Morgan fingerprint density at radius 1 is 0.739 bits per heavy atom. The lowest BCUT2D eigenvalue weighted by Gasteiger charge is -2.07. The number of nitrogens with one attached hydrogen (secondary N) is 2. The van der Waals surface area contributed by atoms with Crippen molar-refractivity contribution in [1.82, 2.24) is 10.6 Å². The number of nitrogens with two attached hydrogens (primary N) is 4. The Hall–Kier alpha value is -3.11. The van der Waals surface area contributed by atoms with E-state index in [0.717, 1.165) is 44.5 Å². The van der Waals surface area contributed by atoms with Gasteiger partial charge in [0.2, 0.25) is 0 Å². The zero-order valence-corrected chi connectivity index (χ0v) is 27.5. The third-order valence-corrected chi connectivity index (χ3v) is 6.29. The minimum Gasteiger partial charge on any atom is -0.480 e. The molecule has 0 unspecified atom stereocenters. The molecule has 0 spiro atoms. The molecule has 0 amide bonds. The molecule has 0 radical (unpaired) electrons. The lowest BCUT2D eigenvalue weighted by molar-refractivity contribution is -0.141. The molecular weight excluding hydrogens is 636 g/mol. The molecule has 2 fully saturated rings. The van der Waals surface area contributed by atoms with Crippen molar-refractivity contribution in [2.24, 2.45) is 28.9 Å². The fourth-order valence-corrected chi connectivity index (χ4v) is 3.14. The van der Waals surface area contributed by atoms with E-state index >= 15 is 0 Å². The Bertz CT molecular complexity index is 797. The van der Waals surface area contributed by atoms with Gasteiger partial charge < -0.3 is 69.3 Å². The molecule has 19 nitrogen and oxygen atoms in total. The van der Waals surface area contributed by atoms with Gasteiger partial charge in [0.1, 0.15) is 30.2 Å². The number of carboxylic acid groups (broad SMARTS) is 6. The van der Waals surface area contributed by atoms with Crippen molar-refractivity contribution in [2.75, 3.05) is 31.6 Å². The second-order valence-electron chi connectivity index (χ2n) is 10.0. The zero-order chi connectivity index (χ0) is 37.0. The first-order valence-electron chi connectivity index (χ1n) is 14.1. The summed E-state index contributed by atoms with van der Waals surface area (Å²) in [5.74, 6) is -4.60. The van der Waals surface area contributed by atoms with E-state index in [1.54, 1.807) is 25.6 Å². The molecule has 6 atom stereocenters. The summed E-state index contributed by atoms with van der Waals surface area (Å²) in [7, 11) is 0. The molecule has 46 heavy (non-hydrogen) atoms. The van der Waals surface area contributed by atoms with Crippen LogP contribution in [0, 0.1) is 5.92 Å². The summed E-state index contributed by atoms with van der Waals surface area (Å²) in [6, 6.07) is -3.09. The number of hydrogen-bond donors (Lipinski definition) is 13. The molecule has 2 saturated heterocycles. The number of thioether (sulfide) groups is 1. The number of aliphatic carboxylic acids is 6. The summed E-state index contributed by atoms with van der Waals surface area (Å²) in [5, 5.41) is 63.1. The van der Waals surface area contributed by atoms with E-state index in [4.69, 9.17) is 52.9 Å². The van der Waals surface area contributed by atoms with Gasteiger partial charge in [0.25, 0.3) is 0 Å². The van der Waals surface area contributed by atoms with Crippen LogP contribution in [0.4, 0.5) is 0 Å². The number of carboxylic acids is 6. The lowest BCUT2D eigenvalue weighted by atomic mass is 10.1. The minimum absolute atomic E-state index is 0.0208. The Labute approximate surface area is 272 Å². The molecule has 0 aromatic rings. The van der Waals surface area contributed by atoms with Gasteiger partial charge in [-0.25, -0.2) is 0 Å². The van der Waals surface area contributed by atoms with Crippen molar-refractivity contribution in [3.8, 4) is 0 Å². The fraction of sp³-hybridized carbons (Fsp3) is 0.769. The summed E-state index contributed by atoms with van der Waals surface area (Å²) >= 11 is 1.60. The molecule has 2 aliphatic rings. The minimum atomic E-state index is -1.18. The first-order valence-corrected chi connectivity index (χ1v) is 15.5. The van der Waals surface area contributed by atoms with Crippen LogP contribution in [0.1, 0.15) is 52.9 Å². The Morgan fingerprint density at radius 2 is 1.11 bits per heavy atom. The van der Waals surface area contributed by atoms with Gasteiger partial charge in [-0.3, -0.25) is 28.8 Å². The topological polar surface area (TPSA) is 372 Å². The first kappa shape index (κ1) is 49.8. The molecule has 2 aliphatic heterocycles. The summed E-state index contributed by atoms with van der Waals surface area (Å²) in [4.78, 5) is 59.5. The number of hydrogen-bond acceptors (Lipinski definition) is 14. The summed E-state index contributed by atoms with van der Waals surface area (Å²) in [6.45, 7) is 6.32. The van der Waals surface area contributed by atoms with Crippen molar-refractivity contribution >= 4 is 47.6 Å². The smallest absolute Gasteiger partial charge is 0.323 e. The summed E-state index contributed by atoms with van der Waals surface area (Å²) in [5.41, 5.74) is 19.8. The largest absolute Gasteiger partial charge is 0.480 e. The molecule has 0 saturated carbocycles. The number of carbonyl (C=O) groups is 6. The van der Waals surface area contributed by atoms with Crippen molar-refractivity contribution in [1.29, 1.82) is 0 Å². The van der Waals surface area contributed by atoms with Crippen LogP contribution in [0.15, 0.2) is 0 Å². The van der Waals surface area contributed by atoms with Crippen molar-refractivity contribution < 1.29 is 64.5 Å². The highest BCUT2D eigenvalue weighted by atomic mass is 32.2. The van der Waals surface area contributed by atoms with Gasteiger partial charge in [-0.15, -0.1) is 0 Å². The molecule has 0 bridgehead atoms. The number of rotatable bonds is 11. The quantitative estimate of drug-likeness (QED) is 0.108. The van der Waals surface area contributed by atoms with Crippen molar-refractivity contribution in [3.05, 3.63) is 0 Å². The second-order valence-corrected chi connectivity index (χ2v) is 11.0. The summed E-state index contributed by atoms with van der Waals surface area (Å²) in [6.07, 6.45) is 5.07. The standard InChI is InChI=1S/C5H11NO2S.2C5H9NO2.C5H11NO2.C4H9NO3.C2H5NO2/c1-9-3-2-4(6)5(7)8;2*7-5(8)4-2-1-3-6-4;1-3(2)4(6)5(7)8;1-2(6)3(5)4(7)8;3-1-2(4)5/h4H,2-3,6H2,1H3,(H,7,8);2*4,6H,1-3H2,(H,7,8);3-4H,6H2,1-2H3,(H,7,8);2-3,6H,5H2,1H3,(H,7,8);1,3H2,(H,4,5)/t4*4-;2-,3+;/m00001./s1. The van der Waals surface area contributed by atoms with E-state index in [0.29, 0.717) is 6.42 Å². The SMILES string of the molecule is CC(C)[C@H](N)C(=O)O.CSCC[C@H](N)C(=O)O.C[C@@H](O)[C@H](N)C(=O)O.NCC(=O)O.O=C(O)[C@@H]1CCCN1.O=C(O)[C@@H]1CCCN1. The lowest BCUT2D eigenvalue weighted by Crippen LogP contribution is -2.39. The van der Waals surface area contributed by atoms with Crippen LogP contribution in [-0.4, -0.2) is 140 Å². The molecule has 2 rings (SSSR count). The molecular formula is C26H54N6O13S. The molecule has 0 aromatic carbocycles. The van der Waals surface area contributed by atoms with Gasteiger partial charge in [-0.1, -0.05) is 13.8 Å². The van der Waals surface area contributed by atoms with E-state index in [1.165, 1.54) is 6.92 Å². The predicted octanol–water partition coefficient (Wildman–Crippen LogP) is -2.34. The van der Waals surface area contributed by atoms with Crippen LogP contribution in [0.5, 0.6) is 0 Å². The molecule has 0 aromatic heterocycles. The van der Waals surface area contributed by atoms with Crippen LogP contribution in [0.2, 0.25) is 0 Å². The Morgan fingerprint density at radius 3 is 1.22 bits per heavy atom. The van der Waals surface area contributed by atoms with E-state index in [9.17, 15) is 28.8 Å². The van der Waals surface area contributed by atoms with Gasteiger partial charge >= 0.3 is 35.8 Å². The normalized spacial score (nSPS) is 18.7. The van der Waals surface area contributed by atoms with Gasteiger partial charge in [0.05, 0.1) is 12.6 Å². The van der Waals surface area contributed by atoms with Gasteiger partial charge in [0.15, 0.2) is 0 Å². The maximum Gasteiger partial charge on any atom is 0.323 e. The van der Waals surface area contributed by atoms with Crippen LogP contribution >= 0.6 is 11.8 Å². The van der Waals surface area contributed by atoms with Crippen LogP contribution < -0.4 is 33.6 Å². The monoisotopic (exact) mass is 690 g/mol. The fourth-order valence-electron chi connectivity index (χ4n) is 2.65. The zero-order valence-electron chi connectivity index (χ0n) is 26.7. The highest BCUT2D eigenvalue weighted by Gasteiger charge is 2.21. The van der Waals surface area contributed by atoms with Crippen molar-refractivity contribution in [3.63, 3.8) is 0 Å². The van der Waals surface area contributed by atoms with Crippen LogP contribution in [0.3, 0.4) is 0 Å². The third-order valence-electron chi connectivity index (χ3n) is 5.65. The van der Waals surface area contributed by atoms with E-state index < -0.39 is 60.0 Å². The maximum atomic E-state index is 10.1. The van der Waals surface area contributed by atoms with E-state index in [1.807, 2.05) is 6.26 Å². The molecule has 20 heteroatoms. The van der Waals surface area contributed by atoms with Crippen LogP contribution in [-0.2, 0) is 28.8 Å². The average Bonchev–Trinajstić information content (AvgIpc) is 3.72. The molecule has 17 N–H and O–H groups in total. The van der Waals surface area contributed by atoms with E-state index in [2.05, 4.69) is 16.4 Å². The van der Waals surface area contributed by atoms with Gasteiger partial charge in [-0.05, 0) is 70.0 Å². The first-order chi connectivity index (χ1) is 21.2. The van der Waals surface area contributed by atoms with Crippen LogP contribution in [0.25, 0.3) is 0 Å². The van der Waals surface area contributed by atoms with Crippen molar-refractivity contribution in [2.45, 2.75) is 89.2 Å². The molecule has 0 aliphatic carbocycles. The van der Waals surface area contributed by atoms with Gasteiger partial charge in [0, 0.05) is 0 Å². The Balaban J connectivity index is -0.000000232. The third kappa shape index (κ3) is 32.3. The molecule has 2 heterocycles. The van der Waals surface area contributed by atoms with E-state index in [-0.39, 0.29) is 24.5 Å². The predicted molar refractivity (Wildman–Crippen MR) is 170 cm³/mol.